The summed E-state index contributed by atoms with van der Waals surface area (Å²) < 4.78 is 1.78. The molecule has 118 valence electrons. The lowest BCUT2D eigenvalue weighted by molar-refractivity contribution is -0.124. The number of nitrogens with zero attached hydrogens (tertiary/aromatic N) is 2. The first-order chi connectivity index (χ1) is 11.1. The van der Waals surface area contributed by atoms with E-state index in [0.29, 0.717) is 11.6 Å². The minimum atomic E-state index is -0.382. The summed E-state index contributed by atoms with van der Waals surface area (Å²) in [7, 11) is 0. The van der Waals surface area contributed by atoms with Crippen LogP contribution in [0.25, 0.3) is 10.9 Å². The lowest BCUT2D eigenvalue weighted by Crippen LogP contribution is -2.31. The monoisotopic (exact) mass is 327 g/mol. The number of carbonyl (C=O) groups excluding carboxylic acids is 1. The van der Waals surface area contributed by atoms with Crippen molar-refractivity contribution in [3.8, 4) is 0 Å². The van der Waals surface area contributed by atoms with Crippen LogP contribution in [0, 0.1) is 6.92 Å². The average Bonchev–Trinajstić information content (AvgIpc) is 2.89. The number of hydrogen-bond acceptors (Lipinski definition) is 2. The van der Waals surface area contributed by atoms with Gasteiger partial charge in [0.05, 0.1) is 11.2 Å². The molecule has 0 aliphatic heterocycles. The number of fused-ring (bicyclic) bond motifs is 1. The van der Waals surface area contributed by atoms with Gasteiger partial charge in [-0.25, -0.2) is 0 Å². The van der Waals surface area contributed by atoms with Gasteiger partial charge in [-0.2, -0.15) is 5.10 Å². The van der Waals surface area contributed by atoms with Gasteiger partial charge in [0.2, 0.25) is 5.91 Å². The first-order valence-electron chi connectivity index (χ1n) is 7.52. The Morgan fingerprint density at radius 1 is 1.26 bits per heavy atom. The fourth-order valence-electron chi connectivity index (χ4n) is 2.64. The zero-order chi connectivity index (χ0) is 16.4. The lowest BCUT2D eigenvalue weighted by atomic mass is 10.2. The molecule has 1 N–H and O–H groups in total. The molecule has 0 aliphatic rings. The Hall–Kier alpha value is -2.33. The number of nitrogens with one attached hydrogen (secondary N) is 1. The Morgan fingerprint density at radius 2 is 2.04 bits per heavy atom. The number of benzene rings is 2. The summed E-state index contributed by atoms with van der Waals surface area (Å²) in [6.45, 7) is 4.25. The predicted molar refractivity (Wildman–Crippen MR) is 92.5 cm³/mol. The number of para-hydroxylation sites is 1. The maximum Gasteiger partial charge on any atom is 0.244 e. The molecule has 23 heavy (non-hydrogen) atoms. The Balaban J connectivity index is 1.76. The molecular weight excluding hydrogens is 310 g/mol. The van der Waals surface area contributed by atoms with Crippen molar-refractivity contribution in [3.63, 3.8) is 0 Å². The number of hydrogen-bond donors (Lipinski definition) is 1. The molecule has 0 spiro atoms. The van der Waals surface area contributed by atoms with E-state index in [1.165, 1.54) is 0 Å². The average molecular weight is 328 g/mol. The van der Waals surface area contributed by atoms with Gasteiger partial charge < -0.3 is 5.32 Å². The highest BCUT2D eigenvalue weighted by Crippen LogP contribution is 2.21. The number of aryl methyl sites for hydroxylation is 1. The standard InChI is InChI=1S/C18H18ClN3O/c1-12-16-8-3-4-9-17(16)22(21-12)13(2)18(23)20-11-14-6-5-7-15(19)10-14/h3-10,13H,11H2,1-2H3,(H,20,23)/t13-/m0/s1. The van der Waals surface area contributed by atoms with Crippen LogP contribution >= 0.6 is 11.6 Å². The summed E-state index contributed by atoms with van der Waals surface area (Å²) in [5.74, 6) is -0.0711. The topological polar surface area (TPSA) is 46.9 Å². The molecule has 0 bridgehead atoms. The molecule has 0 saturated heterocycles. The van der Waals surface area contributed by atoms with Crippen LogP contribution in [0.3, 0.4) is 0 Å². The third-order valence-corrected chi connectivity index (χ3v) is 4.14. The van der Waals surface area contributed by atoms with Crippen molar-refractivity contribution < 1.29 is 4.79 Å². The SMILES string of the molecule is Cc1nn([C@@H](C)C(=O)NCc2cccc(Cl)c2)c2ccccc12. The van der Waals surface area contributed by atoms with E-state index in [-0.39, 0.29) is 11.9 Å². The van der Waals surface area contributed by atoms with Crippen molar-refractivity contribution in [2.45, 2.75) is 26.4 Å². The molecule has 0 aliphatic carbocycles. The van der Waals surface area contributed by atoms with Crippen LogP contribution in [0.15, 0.2) is 48.5 Å². The molecule has 1 aromatic heterocycles. The normalized spacial score (nSPS) is 12.3. The lowest BCUT2D eigenvalue weighted by Gasteiger charge is -2.14. The van der Waals surface area contributed by atoms with Crippen molar-refractivity contribution in [1.82, 2.24) is 15.1 Å². The molecular formula is C18H18ClN3O. The Bertz CT molecular complexity index is 856. The van der Waals surface area contributed by atoms with Crippen LogP contribution in [0.5, 0.6) is 0 Å². The highest BCUT2D eigenvalue weighted by molar-refractivity contribution is 6.30. The Labute approximate surface area is 140 Å². The third kappa shape index (κ3) is 3.22. The minimum Gasteiger partial charge on any atom is -0.350 e. The number of halogens is 1. The largest absolute Gasteiger partial charge is 0.350 e. The molecule has 3 aromatic rings. The van der Waals surface area contributed by atoms with E-state index < -0.39 is 0 Å². The van der Waals surface area contributed by atoms with Gasteiger partial charge >= 0.3 is 0 Å². The number of carbonyl (C=O) groups is 1. The van der Waals surface area contributed by atoms with Crippen molar-refractivity contribution >= 4 is 28.4 Å². The third-order valence-electron chi connectivity index (χ3n) is 3.90. The first kappa shape index (κ1) is 15.6. The first-order valence-corrected chi connectivity index (χ1v) is 7.90. The van der Waals surface area contributed by atoms with Crippen LogP contribution in [0.2, 0.25) is 5.02 Å². The van der Waals surface area contributed by atoms with E-state index >= 15 is 0 Å². The highest BCUT2D eigenvalue weighted by Gasteiger charge is 2.18. The maximum atomic E-state index is 12.4. The molecule has 1 atom stereocenters. The van der Waals surface area contributed by atoms with E-state index in [9.17, 15) is 4.79 Å². The maximum absolute atomic E-state index is 12.4. The molecule has 2 aromatic carbocycles. The van der Waals surface area contributed by atoms with E-state index in [1.54, 1.807) is 4.68 Å². The second-order valence-corrected chi connectivity index (χ2v) is 6.01. The second kappa shape index (κ2) is 6.42. The summed E-state index contributed by atoms with van der Waals surface area (Å²) in [6, 6.07) is 15.0. The van der Waals surface area contributed by atoms with E-state index in [2.05, 4.69) is 10.4 Å². The van der Waals surface area contributed by atoms with Gasteiger partial charge in [0.25, 0.3) is 0 Å². The molecule has 0 saturated carbocycles. The van der Waals surface area contributed by atoms with Gasteiger partial charge in [0.15, 0.2) is 0 Å². The van der Waals surface area contributed by atoms with Crippen molar-refractivity contribution in [2.24, 2.45) is 0 Å². The summed E-state index contributed by atoms with van der Waals surface area (Å²) in [5, 5.41) is 9.19. The van der Waals surface area contributed by atoms with Gasteiger partial charge in [-0.3, -0.25) is 9.48 Å². The summed E-state index contributed by atoms with van der Waals surface area (Å²) >= 11 is 5.96. The Kier molecular flexibility index (Phi) is 4.35. The van der Waals surface area contributed by atoms with Crippen LogP contribution in [0.1, 0.15) is 24.2 Å². The van der Waals surface area contributed by atoms with Gasteiger partial charge in [-0.05, 0) is 37.6 Å². The highest BCUT2D eigenvalue weighted by atomic mass is 35.5. The van der Waals surface area contributed by atoms with Crippen molar-refractivity contribution in [3.05, 3.63) is 64.8 Å². The summed E-state index contributed by atoms with van der Waals surface area (Å²) in [6.07, 6.45) is 0. The fraction of sp³-hybridized carbons (Fsp3) is 0.222. The molecule has 0 unspecified atom stereocenters. The van der Waals surface area contributed by atoms with E-state index in [4.69, 9.17) is 11.6 Å². The van der Waals surface area contributed by atoms with Gasteiger partial charge in [-0.1, -0.05) is 41.9 Å². The smallest absolute Gasteiger partial charge is 0.244 e. The fourth-order valence-corrected chi connectivity index (χ4v) is 2.85. The van der Waals surface area contributed by atoms with E-state index in [1.807, 2.05) is 62.4 Å². The van der Waals surface area contributed by atoms with Crippen LogP contribution in [0.4, 0.5) is 0 Å². The zero-order valence-corrected chi connectivity index (χ0v) is 13.8. The van der Waals surface area contributed by atoms with Crippen LogP contribution < -0.4 is 5.32 Å². The van der Waals surface area contributed by atoms with Gasteiger partial charge in [-0.15, -0.1) is 0 Å². The summed E-state index contributed by atoms with van der Waals surface area (Å²) in [4.78, 5) is 12.4. The molecule has 4 nitrogen and oxygen atoms in total. The number of aromatic nitrogens is 2. The second-order valence-electron chi connectivity index (χ2n) is 5.57. The molecule has 5 heteroatoms. The van der Waals surface area contributed by atoms with Crippen molar-refractivity contribution in [2.75, 3.05) is 0 Å². The van der Waals surface area contributed by atoms with Crippen LogP contribution in [-0.2, 0) is 11.3 Å². The molecule has 1 amide bonds. The Morgan fingerprint density at radius 3 is 2.83 bits per heavy atom. The van der Waals surface area contributed by atoms with Crippen molar-refractivity contribution in [1.29, 1.82) is 0 Å². The predicted octanol–water partition coefficient (Wildman–Crippen LogP) is 3.88. The number of rotatable bonds is 4. The van der Waals surface area contributed by atoms with Gasteiger partial charge in [0.1, 0.15) is 6.04 Å². The molecule has 0 fully saturated rings. The zero-order valence-electron chi connectivity index (χ0n) is 13.1. The van der Waals surface area contributed by atoms with E-state index in [0.717, 1.165) is 22.2 Å². The molecule has 1 heterocycles. The summed E-state index contributed by atoms with van der Waals surface area (Å²) in [5.41, 5.74) is 2.87. The molecule has 0 radical (unpaired) electrons. The van der Waals surface area contributed by atoms with Gasteiger partial charge in [0, 0.05) is 17.0 Å². The number of amides is 1. The van der Waals surface area contributed by atoms with Crippen LogP contribution in [-0.4, -0.2) is 15.7 Å². The minimum absolute atomic E-state index is 0.0711. The quantitative estimate of drug-likeness (QED) is 0.790. The molecule has 3 rings (SSSR count).